The molecule has 82 valence electrons. The van der Waals surface area contributed by atoms with Crippen molar-refractivity contribution in [2.24, 2.45) is 0 Å². The van der Waals surface area contributed by atoms with E-state index >= 15 is 0 Å². The molecule has 0 aliphatic carbocycles. The molecule has 1 aromatic heterocycles. The zero-order valence-electron chi connectivity index (χ0n) is 8.31. The standard InChI is InChI=1S/C10H10FN5/c11-8-5-14-10(13)16-9(8)15-7-3-1-2-6(12)4-7/h1-5H,12H2,(H3,13,14,15,16). The fourth-order valence-electron chi connectivity index (χ4n) is 1.22. The van der Waals surface area contributed by atoms with E-state index in [0.717, 1.165) is 6.20 Å². The average molecular weight is 219 g/mol. The van der Waals surface area contributed by atoms with Crippen LogP contribution in [0.3, 0.4) is 0 Å². The SMILES string of the molecule is Nc1cccc(Nc2nc(N)ncc2F)c1. The topological polar surface area (TPSA) is 89.8 Å². The Morgan fingerprint density at radius 2 is 2.06 bits per heavy atom. The summed E-state index contributed by atoms with van der Waals surface area (Å²) in [5.74, 6) is -0.539. The Morgan fingerprint density at radius 3 is 2.81 bits per heavy atom. The van der Waals surface area contributed by atoms with Gasteiger partial charge < -0.3 is 16.8 Å². The van der Waals surface area contributed by atoms with Gasteiger partial charge in [0, 0.05) is 11.4 Å². The van der Waals surface area contributed by atoms with Crippen LogP contribution in [0.1, 0.15) is 0 Å². The van der Waals surface area contributed by atoms with Crippen molar-refractivity contribution in [3.63, 3.8) is 0 Å². The summed E-state index contributed by atoms with van der Waals surface area (Å²) in [6, 6.07) is 6.89. The van der Waals surface area contributed by atoms with E-state index in [9.17, 15) is 4.39 Å². The Labute approximate surface area is 91.3 Å². The zero-order chi connectivity index (χ0) is 11.5. The highest BCUT2D eigenvalue weighted by Crippen LogP contribution is 2.19. The van der Waals surface area contributed by atoms with Crippen LogP contribution >= 0.6 is 0 Å². The van der Waals surface area contributed by atoms with Crippen LogP contribution < -0.4 is 16.8 Å². The van der Waals surface area contributed by atoms with E-state index < -0.39 is 5.82 Å². The van der Waals surface area contributed by atoms with Gasteiger partial charge in [0.15, 0.2) is 11.6 Å². The van der Waals surface area contributed by atoms with Crippen molar-refractivity contribution in [1.82, 2.24) is 9.97 Å². The minimum Gasteiger partial charge on any atom is -0.399 e. The summed E-state index contributed by atoms with van der Waals surface area (Å²) < 4.78 is 13.3. The van der Waals surface area contributed by atoms with Crippen LogP contribution in [0.5, 0.6) is 0 Å². The molecular weight excluding hydrogens is 209 g/mol. The van der Waals surface area contributed by atoms with Gasteiger partial charge in [0.05, 0.1) is 6.20 Å². The first-order chi connectivity index (χ1) is 7.65. The molecule has 0 radical (unpaired) electrons. The van der Waals surface area contributed by atoms with Crippen molar-refractivity contribution in [2.45, 2.75) is 0 Å². The Balaban J connectivity index is 2.30. The first-order valence-electron chi connectivity index (χ1n) is 4.56. The van der Waals surface area contributed by atoms with Crippen molar-refractivity contribution in [2.75, 3.05) is 16.8 Å². The van der Waals surface area contributed by atoms with E-state index in [1.54, 1.807) is 24.3 Å². The summed E-state index contributed by atoms with van der Waals surface area (Å²) in [6.45, 7) is 0. The third kappa shape index (κ3) is 2.17. The zero-order valence-corrected chi connectivity index (χ0v) is 8.31. The van der Waals surface area contributed by atoms with E-state index in [1.165, 1.54) is 0 Å². The maximum Gasteiger partial charge on any atom is 0.222 e. The van der Waals surface area contributed by atoms with Crippen molar-refractivity contribution >= 4 is 23.1 Å². The van der Waals surface area contributed by atoms with E-state index in [0.29, 0.717) is 11.4 Å². The molecule has 0 saturated heterocycles. The van der Waals surface area contributed by atoms with Gasteiger partial charge in [-0.25, -0.2) is 9.37 Å². The predicted molar refractivity (Wildman–Crippen MR) is 60.5 cm³/mol. The smallest absolute Gasteiger partial charge is 0.222 e. The molecule has 5 nitrogen and oxygen atoms in total. The van der Waals surface area contributed by atoms with E-state index in [4.69, 9.17) is 11.5 Å². The van der Waals surface area contributed by atoms with Gasteiger partial charge in [0.1, 0.15) is 0 Å². The summed E-state index contributed by atoms with van der Waals surface area (Å²) in [4.78, 5) is 7.26. The third-order valence-electron chi connectivity index (χ3n) is 1.91. The Kier molecular flexibility index (Phi) is 2.55. The van der Waals surface area contributed by atoms with Gasteiger partial charge in [-0.3, -0.25) is 0 Å². The molecule has 2 aromatic rings. The van der Waals surface area contributed by atoms with E-state index in [2.05, 4.69) is 15.3 Å². The van der Waals surface area contributed by atoms with Gasteiger partial charge in [-0.1, -0.05) is 6.07 Å². The number of hydrogen-bond acceptors (Lipinski definition) is 5. The number of benzene rings is 1. The number of nitrogens with zero attached hydrogens (tertiary/aromatic N) is 2. The molecule has 0 saturated carbocycles. The quantitative estimate of drug-likeness (QED) is 0.666. The van der Waals surface area contributed by atoms with Gasteiger partial charge in [-0.15, -0.1) is 0 Å². The number of nitrogens with two attached hydrogens (primary N) is 2. The molecule has 0 aliphatic rings. The number of rotatable bonds is 2. The van der Waals surface area contributed by atoms with Crippen LogP contribution in [0.15, 0.2) is 30.5 Å². The summed E-state index contributed by atoms with van der Waals surface area (Å²) in [5, 5.41) is 2.77. The highest BCUT2D eigenvalue weighted by molar-refractivity contribution is 5.61. The number of nitrogens with one attached hydrogen (secondary N) is 1. The summed E-state index contributed by atoms with van der Waals surface area (Å²) >= 11 is 0. The molecule has 2 rings (SSSR count). The Bertz CT molecular complexity index is 514. The lowest BCUT2D eigenvalue weighted by Gasteiger charge is -2.07. The van der Waals surface area contributed by atoms with Crippen molar-refractivity contribution < 1.29 is 4.39 Å². The lowest BCUT2D eigenvalue weighted by Crippen LogP contribution is -2.02. The number of aromatic nitrogens is 2. The van der Waals surface area contributed by atoms with Gasteiger partial charge in [-0.05, 0) is 18.2 Å². The normalized spacial score (nSPS) is 10.1. The second kappa shape index (κ2) is 4.01. The molecule has 0 amide bonds. The molecule has 0 unspecified atom stereocenters. The summed E-state index contributed by atoms with van der Waals surface area (Å²) in [5.41, 5.74) is 12.2. The highest BCUT2D eigenvalue weighted by Gasteiger charge is 2.05. The second-order valence-electron chi connectivity index (χ2n) is 3.18. The molecule has 0 fully saturated rings. The largest absolute Gasteiger partial charge is 0.399 e. The first kappa shape index (κ1) is 10.2. The van der Waals surface area contributed by atoms with Gasteiger partial charge in [0.2, 0.25) is 5.95 Å². The maximum atomic E-state index is 13.3. The molecule has 16 heavy (non-hydrogen) atoms. The summed E-state index contributed by atoms with van der Waals surface area (Å²) in [7, 11) is 0. The molecular formula is C10H10FN5. The molecule has 6 heteroatoms. The molecule has 0 spiro atoms. The number of halogens is 1. The van der Waals surface area contributed by atoms with E-state index in [1.807, 2.05) is 0 Å². The maximum absolute atomic E-state index is 13.3. The monoisotopic (exact) mass is 219 g/mol. The number of anilines is 4. The van der Waals surface area contributed by atoms with E-state index in [-0.39, 0.29) is 11.8 Å². The predicted octanol–water partition coefficient (Wildman–Crippen LogP) is 1.52. The van der Waals surface area contributed by atoms with Gasteiger partial charge in [-0.2, -0.15) is 4.98 Å². The first-order valence-corrected chi connectivity index (χ1v) is 4.56. The van der Waals surface area contributed by atoms with Crippen LogP contribution in [-0.4, -0.2) is 9.97 Å². The lowest BCUT2D eigenvalue weighted by molar-refractivity contribution is 0.620. The van der Waals surface area contributed by atoms with Crippen molar-refractivity contribution in [1.29, 1.82) is 0 Å². The molecule has 1 aromatic carbocycles. The molecule has 1 heterocycles. The fraction of sp³-hybridized carbons (Fsp3) is 0. The van der Waals surface area contributed by atoms with Crippen LogP contribution in [0.4, 0.5) is 27.5 Å². The fourth-order valence-corrected chi connectivity index (χ4v) is 1.22. The van der Waals surface area contributed by atoms with Crippen LogP contribution in [0.25, 0.3) is 0 Å². The number of hydrogen-bond donors (Lipinski definition) is 3. The Hall–Kier alpha value is -2.37. The summed E-state index contributed by atoms with van der Waals surface area (Å²) in [6.07, 6.45) is 1.01. The highest BCUT2D eigenvalue weighted by atomic mass is 19.1. The third-order valence-corrected chi connectivity index (χ3v) is 1.91. The minimum absolute atomic E-state index is 0.00723. The lowest BCUT2D eigenvalue weighted by atomic mass is 10.3. The second-order valence-corrected chi connectivity index (χ2v) is 3.18. The number of nitrogen functional groups attached to an aromatic ring is 2. The van der Waals surface area contributed by atoms with Crippen LogP contribution in [0, 0.1) is 5.82 Å². The van der Waals surface area contributed by atoms with Gasteiger partial charge >= 0.3 is 0 Å². The Morgan fingerprint density at radius 1 is 1.25 bits per heavy atom. The van der Waals surface area contributed by atoms with Crippen LogP contribution in [-0.2, 0) is 0 Å². The molecule has 5 N–H and O–H groups in total. The molecule has 0 bridgehead atoms. The molecule has 0 aliphatic heterocycles. The van der Waals surface area contributed by atoms with Crippen LogP contribution in [0.2, 0.25) is 0 Å². The average Bonchev–Trinajstić information content (AvgIpc) is 2.24. The van der Waals surface area contributed by atoms with Gasteiger partial charge in [0.25, 0.3) is 0 Å². The van der Waals surface area contributed by atoms with Crippen molar-refractivity contribution in [3.05, 3.63) is 36.3 Å². The minimum atomic E-state index is -0.573. The molecule has 0 atom stereocenters. The van der Waals surface area contributed by atoms with Crippen molar-refractivity contribution in [3.8, 4) is 0 Å².